The van der Waals surface area contributed by atoms with E-state index in [1.165, 1.54) is 0 Å². The van der Waals surface area contributed by atoms with Crippen molar-refractivity contribution in [1.29, 1.82) is 0 Å². The van der Waals surface area contributed by atoms with Crippen molar-refractivity contribution < 1.29 is 15.0 Å². The van der Waals surface area contributed by atoms with Gasteiger partial charge in [0.05, 0.1) is 0 Å². The second-order valence-electron chi connectivity index (χ2n) is 5.35. The summed E-state index contributed by atoms with van der Waals surface area (Å²) >= 11 is 1.81. The molecule has 0 aliphatic heterocycles. The van der Waals surface area contributed by atoms with E-state index in [0.717, 1.165) is 31.4 Å². The normalized spacial score (nSPS) is 28.6. The Labute approximate surface area is 114 Å². The summed E-state index contributed by atoms with van der Waals surface area (Å²) in [6.45, 7) is 4.20. The van der Waals surface area contributed by atoms with E-state index in [1.807, 2.05) is 13.8 Å². The number of thioether (sulfide) groups is 1. The molecule has 1 rings (SSSR count). The first-order valence-electron chi connectivity index (χ1n) is 6.74. The zero-order chi connectivity index (χ0) is 13.6. The molecule has 0 bridgehead atoms. The number of carboxylic acids is 1. The second kappa shape index (κ2) is 7.36. The van der Waals surface area contributed by atoms with E-state index >= 15 is 0 Å². The highest BCUT2D eigenvalue weighted by Gasteiger charge is 2.43. The number of aliphatic carboxylic acids is 1. The minimum absolute atomic E-state index is 0.183. The van der Waals surface area contributed by atoms with Crippen LogP contribution in [0.4, 0.5) is 0 Å². The Morgan fingerprint density at radius 3 is 2.83 bits per heavy atom. The lowest BCUT2D eigenvalue weighted by atomic mass is 9.81. The van der Waals surface area contributed by atoms with Gasteiger partial charge in [0.1, 0.15) is 5.54 Å². The molecule has 0 saturated heterocycles. The van der Waals surface area contributed by atoms with Gasteiger partial charge in [-0.25, -0.2) is 0 Å². The second-order valence-corrected chi connectivity index (χ2v) is 6.76. The molecule has 0 amide bonds. The highest BCUT2D eigenvalue weighted by Crippen LogP contribution is 2.35. The summed E-state index contributed by atoms with van der Waals surface area (Å²) < 4.78 is 0. The van der Waals surface area contributed by atoms with Crippen LogP contribution in [0.1, 0.15) is 46.0 Å². The minimum atomic E-state index is -0.747. The minimum Gasteiger partial charge on any atom is -0.480 e. The molecule has 2 atom stereocenters. The van der Waals surface area contributed by atoms with Crippen molar-refractivity contribution in [3.05, 3.63) is 0 Å². The molecule has 1 aliphatic rings. The number of aliphatic hydroxyl groups excluding tert-OH is 1. The molecule has 1 aliphatic carbocycles. The van der Waals surface area contributed by atoms with Gasteiger partial charge in [-0.1, -0.05) is 0 Å². The van der Waals surface area contributed by atoms with Crippen LogP contribution < -0.4 is 5.32 Å². The van der Waals surface area contributed by atoms with Crippen LogP contribution in [0.5, 0.6) is 0 Å². The molecule has 5 heteroatoms. The molecule has 0 aromatic rings. The third-order valence-corrected chi connectivity index (χ3v) is 4.73. The van der Waals surface area contributed by atoms with Gasteiger partial charge in [-0.15, -0.1) is 0 Å². The SMILES string of the molecule is CC(C)NC1(C(=O)O)CCCC(SCCCO)C1. The van der Waals surface area contributed by atoms with Gasteiger partial charge in [0.2, 0.25) is 0 Å². The molecule has 0 aromatic carbocycles. The molecular formula is C13H25NO3S. The average molecular weight is 275 g/mol. The molecular weight excluding hydrogens is 250 g/mol. The Morgan fingerprint density at radius 1 is 1.56 bits per heavy atom. The van der Waals surface area contributed by atoms with E-state index in [-0.39, 0.29) is 12.6 Å². The van der Waals surface area contributed by atoms with Gasteiger partial charge in [-0.2, -0.15) is 11.8 Å². The molecule has 0 heterocycles. The molecule has 18 heavy (non-hydrogen) atoms. The lowest BCUT2D eigenvalue weighted by molar-refractivity contribution is -0.146. The Balaban J connectivity index is 2.59. The summed E-state index contributed by atoms with van der Waals surface area (Å²) in [4.78, 5) is 11.6. The van der Waals surface area contributed by atoms with Gasteiger partial charge < -0.3 is 10.2 Å². The molecule has 0 spiro atoms. The highest BCUT2D eigenvalue weighted by atomic mass is 32.2. The van der Waals surface area contributed by atoms with E-state index in [9.17, 15) is 9.90 Å². The Morgan fingerprint density at radius 2 is 2.28 bits per heavy atom. The number of rotatable bonds is 7. The number of aliphatic hydroxyl groups is 1. The molecule has 2 unspecified atom stereocenters. The van der Waals surface area contributed by atoms with Crippen LogP contribution in [0.3, 0.4) is 0 Å². The third kappa shape index (κ3) is 4.44. The van der Waals surface area contributed by atoms with Gasteiger partial charge in [0.25, 0.3) is 0 Å². The molecule has 1 saturated carbocycles. The van der Waals surface area contributed by atoms with E-state index in [2.05, 4.69) is 5.32 Å². The Kier molecular flexibility index (Phi) is 6.46. The summed E-state index contributed by atoms with van der Waals surface area (Å²) in [6, 6.07) is 0.183. The fourth-order valence-corrected chi connectivity index (χ4v) is 3.99. The van der Waals surface area contributed by atoms with Crippen molar-refractivity contribution >= 4 is 17.7 Å². The molecule has 3 N–H and O–H groups in total. The summed E-state index contributed by atoms with van der Waals surface area (Å²) in [7, 11) is 0. The number of hydrogen-bond acceptors (Lipinski definition) is 4. The van der Waals surface area contributed by atoms with Crippen LogP contribution in [0.2, 0.25) is 0 Å². The zero-order valence-corrected chi connectivity index (χ0v) is 12.1. The summed E-state index contributed by atoms with van der Waals surface area (Å²) in [5, 5.41) is 21.9. The number of carboxylic acid groups (broad SMARTS) is 1. The van der Waals surface area contributed by atoms with Crippen molar-refractivity contribution in [2.45, 2.75) is 62.8 Å². The van der Waals surface area contributed by atoms with Crippen molar-refractivity contribution in [3.63, 3.8) is 0 Å². The van der Waals surface area contributed by atoms with Crippen LogP contribution in [0, 0.1) is 0 Å². The highest BCUT2D eigenvalue weighted by molar-refractivity contribution is 7.99. The first-order chi connectivity index (χ1) is 8.50. The predicted octanol–water partition coefficient (Wildman–Crippen LogP) is 1.87. The first kappa shape index (κ1) is 15.8. The first-order valence-corrected chi connectivity index (χ1v) is 7.78. The van der Waals surface area contributed by atoms with Crippen molar-refractivity contribution in [1.82, 2.24) is 5.32 Å². The fourth-order valence-electron chi connectivity index (χ4n) is 2.62. The maximum Gasteiger partial charge on any atom is 0.323 e. The average Bonchev–Trinajstić information content (AvgIpc) is 2.28. The lowest BCUT2D eigenvalue weighted by Gasteiger charge is -2.39. The molecule has 4 nitrogen and oxygen atoms in total. The topological polar surface area (TPSA) is 69.6 Å². The number of nitrogens with one attached hydrogen (secondary N) is 1. The van der Waals surface area contributed by atoms with Crippen LogP contribution in [-0.2, 0) is 4.79 Å². The Bertz CT molecular complexity index is 273. The lowest BCUT2D eigenvalue weighted by Crippen LogP contribution is -2.57. The van der Waals surface area contributed by atoms with E-state index in [0.29, 0.717) is 11.7 Å². The monoisotopic (exact) mass is 275 g/mol. The van der Waals surface area contributed by atoms with Crippen LogP contribution in [0.25, 0.3) is 0 Å². The van der Waals surface area contributed by atoms with Crippen molar-refractivity contribution in [2.75, 3.05) is 12.4 Å². The van der Waals surface area contributed by atoms with Crippen LogP contribution in [0.15, 0.2) is 0 Å². The molecule has 106 valence electrons. The smallest absolute Gasteiger partial charge is 0.323 e. The molecule has 1 fully saturated rings. The van der Waals surface area contributed by atoms with E-state index < -0.39 is 11.5 Å². The van der Waals surface area contributed by atoms with Crippen molar-refractivity contribution in [2.24, 2.45) is 0 Å². The van der Waals surface area contributed by atoms with Crippen molar-refractivity contribution in [3.8, 4) is 0 Å². The van der Waals surface area contributed by atoms with Gasteiger partial charge in [-0.05, 0) is 51.7 Å². The maximum atomic E-state index is 11.6. The predicted molar refractivity (Wildman–Crippen MR) is 75.1 cm³/mol. The van der Waals surface area contributed by atoms with Gasteiger partial charge >= 0.3 is 5.97 Å². The quantitative estimate of drug-likeness (QED) is 0.619. The summed E-state index contributed by atoms with van der Waals surface area (Å²) in [5.41, 5.74) is -0.747. The van der Waals surface area contributed by atoms with Gasteiger partial charge in [-0.3, -0.25) is 10.1 Å². The zero-order valence-electron chi connectivity index (χ0n) is 11.3. The third-order valence-electron chi connectivity index (χ3n) is 3.34. The standard InChI is InChI=1S/C13H25NO3S/c1-10(2)14-13(12(16)17)6-3-5-11(9-13)18-8-4-7-15/h10-11,14-15H,3-9H2,1-2H3,(H,16,17). The number of carbonyl (C=O) groups is 1. The van der Waals surface area contributed by atoms with E-state index in [1.54, 1.807) is 11.8 Å². The van der Waals surface area contributed by atoms with Gasteiger partial charge in [0.15, 0.2) is 0 Å². The van der Waals surface area contributed by atoms with Crippen LogP contribution >= 0.6 is 11.8 Å². The number of hydrogen-bond donors (Lipinski definition) is 3. The molecule has 0 radical (unpaired) electrons. The van der Waals surface area contributed by atoms with E-state index in [4.69, 9.17) is 5.11 Å². The maximum absolute atomic E-state index is 11.6. The largest absolute Gasteiger partial charge is 0.480 e. The molecule has 0 aromatic heterocycles. The summed E-state index contributed by atoms with van der Waals surface area (Å²) in [6.07, 6.45) is 4.25. The van der Waals surface area contributed by atoms with Crippen LogP contribution in [-0.4, -0.2) is 45.4 Å². The summed E-state index contributed by atoms with van der Waals surface area (Å²) in [5.74, 6) is 0.196. The Hall–Kier alpha value is -0.260. The fraction of sp³-hybridized carbons (Fsp3) is 0.923. The van der Waals surface area contributed by atoms with Gasteiger partial charge in [0, 0.05) is 17.9 Å².